The van der Waals surface area contributed by atoms with Crippen molar-refractivity contribution < 1.29 is 19.1 Å². The molecule has 6 nitrogen and oxygen atoms in total. The van der Waals surface area contributed by atoms with Crippen molar-refractivity contribution in [1.82, 2.24) is 9.80 Å². The van der Waals surface area contributed by atoms with Crippen LogP contribution in [0.15, 0.2) is 18.2 Å². The van der Waals surface area contributed by atoms with Crippen LogP contribution in [-0.2, 0) is 9.53 Å². The summed E-state index contributed by atoms with van der Waals surface area (Å²) < 4.78 is 10.8. The van der Waals surface area contributed by atoms with Gasteiger partial charge < -0.3 is 19.3 Å². The van der Waals surface area contributed by atoms with E-state index in [2.05, 4.69) is 0 Å². The molecule has 24 heavy (non-hydrogen) atoms. The summed E-state index contributed by atoms with van der Waals surface area (Å²) in [4.78, 5) is 28.8. The van der Waals surface area contributed by atoms with Crippen LogP contribution in [0.2, 0.25) is 0 Å². The molecular formula is C18H24N2O4. The lowest BCUT2D eigenvalue weighted by Crippen LogP contribution is -2.52. The largest absolute Gasteiger partial charge is 0.496 e. The SMILES string of the molecule is COc1ccc(C)cc1C(=O)N1CCN(C(=O)C2CCCO2)CC1. The van der Waals surface area contributed by atoms with Crippen molar-refractivity contribution in [3.05, 3.63) is 29.3 Å². The Kier molecular flexibility index (Phi) is 5.04. The first kappa shape index (κ1) is 16.8. The molecule has 130 valence electrons. The van der Waals surface area contributed by atoms with E-state index in [9.17, 15) is 9.59 Å². The molecule has 2 fully saturated rings. The number of hydrogen-bond acceptors (Lipinski definition) is 4. The fourth-order valence-electron chi connectivity index (χ4n) is 3.27. The minimum absolute atomic E-state index is 0.0419. The maximum atomic E-state index is 12.8. The van der Waals surface area contributed by atoms with E-state index in [4.69, 9.17) is 9.47 Å². The summed E-state index contributed by atoms with van der Waals surface area (Å²) in [7, 11) is 1.57. The topological polar surface area (TPSA) is 59.1 Å². The van der Waals surface area contributed by atoms with Gasteiger partial charge in [0.15, 0.2) is 0 Å². The molecule has 0 aliphatic carbocycles. The predicted octanol–water partition coefficient (Wildman–Crippen LogP) is 1.47. The lowest BCUT2D eigenvalue weighted by molar-refractivity contribution is -0.142. The summed E-state index contributed by atoms with van der Waals surface area (Å²) in [5.74, 6) is 0.607. The van der Waals surface area contributed by atoms with Gasteiger partial charge in [0.05, 0.1) is 12.7 Å². The van der Waals surface area contributed by atoms with Crippen molar-refractivity contribution in [1.29, 1.82) is 0 Å². The van der Waals surface area contributed by atoms with Crippen LogP contribution in [0.1, 0.15) is 28.8 Å². The number of carbonyl (C=O) groups excluding carboxylic acids is 2. The van der Waals surface area contributed by atoms with Gasteiger partial charge in [0.1, 0.15) is 11.9 Å². The van der Waals surface area contributed by atoms with Gasteiger partial charge in [-0.25, -0.2) is 0 Å². The molecule has 3 rings (SSSR count). The minimum Gasteiger partial charge on any atom is -0.496 e. The summed E-state index contributed by atoms with van der Waals surface area (Å²) in [6.45, 7) is 4.80. The van der Waals surface area contributed by atoms with E-state index < -0.39 is 0 Å². The maximum absolute atomic E-state index is 12.8. The number of methoxy groups -OCH3 is 1. The van der Waals surface area contributed by atoms with Crippen molar-refractivity contribution in [2.45, 2.75) is 25.9 Å². The van der Waals surface area contributed by atoms with E-state index in [-0.39, 0.29) is 17.9 Å². The minimum atomic E-state index is -0.288. The Morgan fingerprint density at radius 2 is 1.88 bits per heavy atom. The highest BCUT2D eigenvalue weighted by molar-refractivity contribution is 5.97. The van der Waals surface area contributed by atoms with Crippen LogP contribution in [0.5, 0.6) is 5.75 Å². The average molecular weight is 332 g/mol. The van der Waals surface area contributed by atoms with Gasteiger partial charge in [-0.3, -0.25) is 9.59 Å². The molecule has 1 atom stereocenters. The van der Waals surface area contributed by atoms with Gasteiger partial charge >= 0.3 is 0 Å². The summed E-state index contributed by atoms with van der Waals surface area (Å²) in [6.07, 6.45) is 1.46. The molecule has 2 heterocycles. The van der Waals surface area contributed by atoms with Crippen LogP contribution < -0.4 is 4.74 Å². The first-order valence-electron chi connectivity index (χ1n) is 8.44. The number of rotatable bonds is 3. The molecule has 0 radical (unpaired) electrons. The van der Waals surface area contributed by atoms with Crippen LogP contribution in [0, 0.1) is 6.92 Å². The highest BCUT2D eigenvalue weighted by atomic mass is 16.5. The van der Waals surface area contributed by atoms with E-state index in [1.807, 2.05) is 30.0 Å². The first-order valence-corrected chi connectivity index (χ1v) is 8.44. The van der Waals surface area contributed by atoms with Crippen molar-refractivity contribution >= 4 is 11.8 Å². The zero-order valence-corrected chi connectivity index (χ0v) is 14.3. The quantitative estimate of drug-likeness (QED) is 0.841. The highest BCUT2D eigenvalue weighted by Gasteiger charge is 2.32. The molecule has 1 aromatic rings. The smallest absolute Gasteiger partial charge is 0.257 e. The van der Waals surface area contributed by atoms with E-state index in [1.165, 1.54) is 0 Å². The Bertz CT molecular complexity index is 617. The standard InChI is InChI=1S/C18H24N2O4/c1-13-5-6-15(23-2)14(12-13)17(21)19-7-9-20(10-8-19)18(22)16-4-3-11-24-16/h5-6,12,16H,3-4,7-11H2,1-2H3. The van der Waals surface area contributed by atoms with Gasteiger partial charge in [0.25, 0.3) is 11.8 Å². The van der Waals surface area contributed by atoms with Crippen molar-refractivity contribution in [2.75, 3.05) is 39.9 Å². The lowest BCUT2D eigenvalue weighted by atomic mass is 10.1. The molecule has 2 amide bonds. The third-order valence-corrected chi connectivity index (χ3v) is 4.67. The van der Waals surface area contributed by atoms with E-state index in [0.717, 1.165) is 18.4 Å². The molecule has 2 aliphatic rings. The fourth-order valence-corrected chi connectivity index (χ4v) is 3.27. The highest BCUT2D eigenvalue weighted by Crippen LogP contribution is 2.22. The third kappa shape index (κ3) is 3.38. The Morgan fingerprint density at radius 1 is 1.17 bits per heavy atom. The zero-order chi connectivity index (χ0) is 17.1. The van der Waals surface area contributed by atoms with E-state index in [1.54, 1.807) is 12.0 Å². The number of benzene rings is 1. The monoisotopic (exact) mass is 332 g/mol. The number of carbonyl (C=O) groups is 2. The molecule has 6 heteroatoms. The Balaban J connectivity index is 1.63. The van der Waals surface area contributed by atoms with Crippen LogP contribution in [0.3, 0.4) is 0 Å². The van der Waals surface area contributed by atoms with E-state index >= 15 is 0 Å². The normalized spacial score (nSPS) is 21.0. The van der Waals surface area contributed by atoms with Gasteiger partial charge in [-0.1, -0.05) is 11.6 Å². The number of aryl methyl sites for hydroxylation is 1. The Labute approximate surface area is 142 Å². The first-order chi connectivity index (χ1) is 11.6. The van der Waals surface area contributed by atoms with Crippen LogP contribution >= 0.6 is 0 Å². The van der Waals surface area contributed by atoms with Gasteiger partial charge in [-0.15, -0.1) is 0 Å². The van der Waals surface area contributed by atoms with Gasteiger partial charge in [-0.05, 0) is 31.9 Å². The second-order valence-electron chi connectivity index (χ2n) is 6.32. The third-order valence-electron chi connectivity index (χ3n) is 4.67. The lowest BCUT2D eigenvalue weighted by Gasteiger charge is -2.36. The van der Waals surface area contributed by atoms with Crippen molar-refractivity contribution in [3.8, 4) is 5.75 Å². The molecule has 1 unspecified atom stereocenters. The molecular weight excluding hydrogens is 308 g/mol. The number of amides is 2. The Morgan fingerprint density at radius 3 is 2.50 bits per heavy atom. The molecule has 0 saturated carbocycles. The van der Waals surface area contributed by atoms with Gasteiger partial charge in [0.2, 0.25) is 0 Å². The summed E-state index contributed by atoms with van der Waals surface area (Å²) >= 11 is 0. The Hall–Kier alpha value is -2.08. The molecule has 0 aromatic heterocycles. The second kappa shape index (κ2) is 7.21. The van der Waals surface area contributed by atoms with Gasteiger partial charge in [0, 0.05) is 32.8 Å². The molecule has 0 spiro atoms. The molecule has 0 bridgehead atoms. The van der Waals surface area contributed by atoms with Gasteiger partial charge in [-0.2, -0.15) is 0 Å². The number of hydrogen-bond donors (Lipinski definition) is 0. The van der Waals surface area contributed by atoms with E-state index in [0.29, 0.717) is 44.1 Å². The molecule has 0 N–H and O–H groups in total. The molecule has 2 saturated heterocycles. The average Bonchev–Trinajstić information content (AvgIpc) is 3.15. The molecule has 1 aromatic carbocycles. The zero-order valence-electron chi connectivity index (χ0n) is 14.3. The van der Waals surface area contributed by atoms with Crippen molar-refractivity contribution in [2.24, 2.45) is 0 Å². The summed E-state index contributed by atoms with van der Waals surface area (Å²) in [6, 6.07) is 5.60. The summed E-state index contributed by atoms with van der Waals surface area (Å²) in [5, 5.41) is 0. The maximum Gasteiger partial charge on any atom is 0.257 e. The summed E-state index contributed by atoms with van der Waals surface area (Å²) in [5.41, 5.74) is 1.60. The number of piperazine rings is 1. The van der Waals surface area contributed by atoms with Crippen molar-refractivity contribution in [3.63, 3.8) is 0 Å². The second-order valence-corrected chi connectivity index (χ2v) is 6.32. The number of nitrogens with zero attached hydrogens (tertiary/aromatic N) is 2. The molecule has 2 aliphatic heterocycles. The van der Waals surface area contributed by atoms with Crippen LogP contribution in [0.4, 0.5) is 0 Å². The number of ether oxygens (including phenoxy) is 2. The van der Waals surface area contributed by atoms with Crippen LogP contribution in [-0.4, -0.2) is 67.6 Å². The fraction of sp³-hybridized carbons (Fsp3) is 0.556. The van der Waals surface area contributed by atoms with Crippen LogP contribution in [0.25, 0.3) is 0 Å². The predicted molar refractivity (Wildman–Crippen MR) is 89.2 cm³/mol.